The van der Waals surface area contributed by atoms with Crippen LogP contribution in [0.2, 0.25) is 0 Å². The predicted molar refractivity (Wildman–Crippen MR) is 276 cm³/mol. The third-order valence-corrected chi connectivity index (χ3v) is 14.8. The van der Waals surface area contributed by atoms with Crippen molar-refractivity contribution in [3.8, 4) is 5.75 Å². The van der Waals surface area contributed by atoms with Gasteiger partial charge in [-0.05, 0) is 95.8 Å². The number of ketones is 1. The summed E-state index contributed by atoms with van der Waals surface area (Å²) in [5.41, 5.74) is 0.803. The molecule has 2 aromatic carbocycles. The lowest BCUT2D eigenvalue weighted by Gasteiger charge is -2.35. The fraction of sp³-hybridized carbons (Fsp3) is 0.615. The summed E-state index contributed by atoms with van der Waals surface area (Å²) in [5.74, 6) is -1.54. The van der Waals surface area contributed by atoms with Gasteiger partial charge in [-0.2, -0.15) is 0 Å². The van der Waals surface area contributed by atoms with Crippen molar-refractivity contribution in [3.63, 3.8) is 0 Å². The van der Waals surface area contributed by atoms with Crippen LogP contribution in [0.4, 0.5) is 0 Å². The van der Waals surface area contributed by atoms with Crippen LogP contribution in [0.1, 0.15) is 112 Å². The Morgan fingerprint density at radius 2 is 1.49 bits per heavy atom. The molecule has 0 aliphatic carbocycles. The first-order valence-corrected chi connectivity index (χ1v) is 26.2. The second-order valence-electron chi connectivity index (χ2n) is 20.2. The molecular weight excluding hydrogens is 963 g/mol. The van der Waals surface area contributed by atoms with Crippen molar-refractivity contribution in [3.05, 3.63) is 64.1 Å². The van der Waals surface area contributed by atoms with Crippen LogP contribution in [-0.2, 0) is 46.4 Å². The zero-order chi connectivity index (χ0) is 51.3. The molecule has 380 valence electrons. The van der Waals surface area contributed by atoms with Gasteiger partial charge in [-0.15, -0.1) is 11.8 Å². The molecule has 17 heteroatoms. The Morgan fingerprint density at radius 1 is 0.870 bits per heavy atom. The number of thioether (sulfide) groups is 1. The van der Waals surface area contributed by atoms with Gasteiger partial charge in [0.2, 0.25) is 35.4 Å². The Kier molecular flexibility index (Phi) is 21.3. The molecule has 0 radical (unpaired) electrons. The number of benzene rings is 2. The molecule has 7 atom stereocenters. The van der Waals surface area contributed by atoms with E-state index in [1.165, 1.54) is 27.6 Å². The van der Waals surface area contributed by atoms with Crippen LogP contribution >= 0.6 is 27.7 Å². The van der Waals surface area contributed by atoms with Gasteiger partial charge < -0.3 is 35.3 Å². The molecule has 15 nitrogen and oxygen atoms in total. The number of amides is 6. The summed E-state index contributed by atoms with van der Waals surface area (Å²) in [6.45, 7) is 17.1. The second kappa shape index (κ2) is 25.9. The summed E-state index contributed by atoms with van der Waals surface area (Å²) in [4.78, 5) is 109. The van der Waals surface area contributed by atoms with Crippen LogP contribution in [0.25, 0.3) is 0 Å². The molecule has 6 amide bonds. The minimum atomic E-state index is -1.00. The lowest BCUT2D eigenvalue weighted by Crippen LogP contribution is -2.57. The first-order chi connectivity index (χ1) is 32.5. The fourth-order valence-electron chi connectivity index (χ4n) is 8.89. The Balaban J connectivity index is 1.63. The lowest BCUT2D eigenvalue weighted by atomic mass is 9.95. The van der Waals surface area contributed by atoms with Gasteiger partial charge in [0.25, 0.3) is 0 Å². The molecule has 2 heterocycles. The molecule has 0 bridgehead atoms. The number of rotatable bonds is 21. The van der Waals surface area contributed by atoms with E-state index in [1.807, 2.05) is 58.0 Å². The highest BCUT2D eigenvalue weighted by molar-refractivity contribution is 9.10. The number of Topliss-reactive ketones (excluding diaryl/α,β-unsaturated/α-hetero) is 1. The van der Waals surface area contributed by atoms with E-state index in [0.29, 0.717) is 66.0 Å². The molecule has 0 spiro atoms. The third kappa shape index (κ3) is 15.6. The second-order valence-corrected chi connectivity index (χ2v) is 22.1. The van der Waals surface area contributed by atoms with Gasteiger partial charge in [-0.3, -0.25) is 38.6 Å². The molecule has 6 unspecified atom stereocenters. The zero-order valence-electron chi connectivity index (χ0n) is 42.6. The summed E-state index contributed by atoms with van der Waals surface area (Å²) in [6.07, 6.45) is 3.59. The number of hydrogen-bond donors (Lipinski definition) is 3. The smallest absolute Gasteiger partial charge is 0.246 e. The Labute approximate surface area is 422 Å². The van der Waals surface area contributed by atoms with Crippen molar-refractivity contribution in [2.24, 2.45) is 22.2 Å². The van der Waals surface area contributed by atoms with Crippen molar-refractivity contribution < 1.29 is 38.7 Å². The number of carbonyl (C=O) groups is 7. The maximum absolute atomic E-state index is 15.0. The molecule has 0 saturated carbocycles. The molecule has 3 N–H and O–H groups in total. The van der Waals surface area contributed by atoms with Gasteiger partial charge in [0.1, 0.15) is 36.5 Å². The molecule has 69 heavy (non-hydrogen) atoms. The molecule has 4 rings (SSSR count). The van der Waals surface area contributed by atoms with E-state index in [-0.39, 0.29) is 60.5 Å². The number of aromatic hydroxyl groups is 1. The van der Waals surface area contributed by atoms with Crippen LogP contribution < -0.4 is 10.6 Å². The number of likely N-dealkylation sites (N-methyl/N-ethyl adjacent to an activating group) is 2. The minimum absolute atomic E-state index is 0.00169. The summed E-state index contributed by atoms with van der Waals surface area (Å²) in [5, 5.41) is 16.6. The number of likely N-dealkylation sites (tertiary alicyclic amines) is 2. The van der Waals surface area contributed by atoms with Crippen LogP contribution in [0.3, 0.4) is 0 Å². The number of halogens is 1. The van der Waals surface area contributed by atoms with E-state index in [2.05, 4.69) is 26.6 Å². The SMILES string of the molecule is CCCSC(=NCC(=O)NC(CC(C)C)C(=O)N(C)C(Cc1ccccc1)C(=O)N1CCC[C@H]1C(=O)CC)C1CC(C)CN1C(=O)C(Cc1ccc(O)c(Br)c1)N(C)C(=O)C(C)NC(=O)C(C)(C)C. The van der Waals surface area contributed by atoms with E-state index in [9.17, 15) is 33.9 Å². The van der Waals surface area contributed by atoms with Gasteiger partial charge in [-0.25, -0.2) is 0 Å². The third-order valence-electron chi connectivity index (χ3n) is 12.8. The summed E-state index contributed by atoms with van der Waals surface area (Å²) < 4.78 is 0.437. The van der Waals surface area contributed by atoms with Crippen molar-refractivity contribution in [1.29, 1.82) is 0 Å². The van der Waals surface area contributed by atoms with E-state index >= 15 is 4.79 Å². The molecule has 2 fully saturated rings. The van der Waals surface area contributed by atoms with Gasteiger partial charge in [0, 0.05) is 51.9 Å². The Morgan fingerprint density at radius 3 is 2.09 bits per heavy atom. The van der Waals surface area contributed by atoms with Gasteiger partial charge in [-0.1, -0.05) is 91.8 Å². The normalized spacial score (nSPS) is 19.1. The van der Waals surface area contributed by atoms with Crippen LogP contribution in [-0.4, -0.2) is 147 Å². The first kappa shape index (κ1) is 56.8. The largest absolute Gasteiger partial charge is 0.507 e. The highest BCUT2D eigenvalue weighted by atomic mass is 79.9. The van der Waals surface area contributed by atoms with Crippen molar-refractivity contribution in [1.82, 2.24) is 30.2 Å². The van der Waals surface area contributed by atoms with Gasteiger partial charge in [0.15, 0.2) is 5.78 Å². The number of nitrogens with zero attached hydrogens (tertiary/aromatic N) is 5. The van der Waals surface area contributed by atoms with Gasteiger partial charge >= 0.3 is 0 Å². The molecule has 2 saturated heterocycles. The Hall–Kier alpha value is -4.77. The number of hydrogen-bond acceptors (Lipinski definition) is 10. The average molecular weight is 1040 g/mol. The van der Waals surface area contributed by atoms with Crippen LogP contribution in [0.5, 0.6) is 5.75 Å². The van der Waals surface area contributed by atoms with E-state index < -0.39 is 59.4 Å². The summed E-state index contributed by atoms with van der Waals surface area (Å²) in [7, 11) is 3.15. The fourth-order valence-corrected chi connectivity index (χ4v) is 10.3. The van der Waals surface area contributed by atoms with Crippen molar-refractivity contribution >= 4 is 74.0 Å². The van der Waals surface area contributed by atoms with Crippen LogP contribution in [0, 0.1) is 17.3 Å². The molecule has 2 aliphatic heterocycles. The summed E-state index contributed by atoms with van der Waals surface area (Å²) in [6, 6.07) is 9.50. The van der Waals surface area contributed by atoms with E-state index in [4.69, 9.17) is 4.99 Å². The standard InChI is InChI=1S/C52H76BrN7O8S/c1-12-24-69-46(40-26-33(5)31-60(40)50(67)42(29-36-21-22-44(62)37(53)27-36)57(10)47(64)34(6)55-51(68)52(7,8)9)54-30-45(63)56-38(25-32(3)4)48(65)58(11)41(28-35-18-15-14-16-19-35)49(66)59-23-17-20-39(59)43(61)13-2/h14-16,18-19,21-22,27,32-34,38-42,62H,12-13,17,20,23-26,28-31H2,1-11H3,(H,55,68)(H,56,63)/t33?,34?,38?,39-,40?,41?,42?/m0/s1. The lowest BCUT2D eigenvalue weighted by molar-refractivity contribution is -0.148. The minimum Gasteiger partial charge on any atom is -0.507 e. The maximum atomic E-state index is 15.0. The molecular formula is C52H76BrN7O8S. The summed E-state index contributed by atoms with van der Waals surface area (Å²) >= 11 is 4.85. The highest BCUT2D eigenvalue weighted by Gasteiger charge is 2.43. The Bertz CT molecular complexity index is 2170. The average Bonchev–Trinajstić information content (AvgIpc) is 3.96. The molecule has 2 aliphatic rings. The maximum Gasteiger partial charge on any atom is 0.246 e. The van der Waals surface area contributed by atoms with E-state index in [0.717, 1.165) is 12.0 Å². The topological polar surface area (TPSA) is 189 Å². The van der Waals surface area contributed by atoms with Crippen LogP contribution in [0.15, 0.2) is 58.0 Å². The molecule has 0 aromatic heterocycles. The highest BCUT2D eigenvalue weighted by Crippen LogP contribution is 2.32. The van der Waals surface area contributed by atoms with Crippen molar-refractivity contribution in [2.75, 3.05) is 39.5 Å². The van der Waals surface area contributed by atoms with E-state index in [1.54, 1.807) is 70.6 Å². The number of nitrogens with one attached hydrogen (secondary N) is 2. The number of carbonyl (C=O) groups excluding carboxylic acids is 7. The zero-order valence-corrected chi connectivity index (χ0v) is 45.0. The first-order valence-electron chi connectivity index (χ1n) is 24.4. The number of aliphatic imine (C=N–C) groups is 1. The number of phenols is 1. The molecule has 2 aromatic rings. The monoisotopic (exact) mass is 1040 g/mol. The van der Waals surface area contributed by atoms with Crippen molar-refractivity contribution in [2.45, 2.75) is 150 Å². The predicted octanol–water partition coefficient (Wildman–Crippen LogP) is 6.42. The quantitative estimate of drug-likeness (QED) is 0.0936. The van der Waals surface area contributed by atoms with Gasteiger partial charge in [0.05, 0.1) is 21.6 Å². The number of phenolic OH excluding ortho intramolecular Hbond substituents is 1.